The molecular weight excluding hydrogens is 292 g/mol. The molecule has 0 aliphatic carbocycles. The Morgan fingerprint density at radius 3 is 2.85 bits per heavy atom. The SMILES string of the molecule is CCOc1ccccc1-c1nc(-c2nc(=S)[nH][nH]2)cs1. The first kappa shape index (κ1) is 13.0. The van der Waals surface area contributed by atoms with Crippen molar-refractivity contribution in [1.82, 2.24) is 20.2 Å². The summed E-state index contributed by atoms with van der Waals surface area (Å²) in [7, 11) is 0. The smallest absolute Gasteiger partial charge is 0.213 e. The van der Waals surface area contributed by atoms with E-state index >= 15 is 0 Å². The molecule has 20 heavy (non-hydrogen) atoms. The lowest BCUT2D eigenvalue weighted by atomic mass is 10.2. The van der Waals surface area contributed by atoms with Crippen LogP contribution in [0.4, 0.5) is 0 Å². The van der Waals surface area contributed by atoms with Crippen molar-refractivity contribution < 1.29 is 4.74 Å². The Bertz CT molecular complexity index is 774. The zero-order valence-electron chi connectivity index (χ0n) is 10.7. The molecule has 0 aliphatic heterocycles. The summed E-state index contributed by atoms with van der Waals surface area (Å²) in [6.07, 6.45) is 0. The maximum atomic E-state index is 5.63. The average Bonchev–Trinajstić information content (AvgIpc) is 3.08. The van der Waals surface area contributed by atoms with E-state index in [4.69, 9.17) is 17.0 Å². The Balaban J connectivity index is 2.00. The van der Waals surface area contributed by atoms with Crippen LogP contribution >= 0.6 is 23.6 Å². The molecular formula is C13H12N4OS2. The Morgan fingerprint density at radius 1 is 1.25 bits per heavy atom. The quantitative estimate of drug-likeness (QED) is 0.722. The summed E-state index contributed by atoms with van der Waals surface area (Å²) in [5.41, 5.74) is 1.75. The maximum Gasteiger partial charge on any atom is 0.213 e. The van der Waals surface area contributed by atoms with Crippen LogP contribution in [0, 0.1) is 4.77 Å². The number of para-hydroxylation sites is 1. The fourth-order valence-corrected chi connectivity index (χ4v) is 2.80. The summed E-state index contributed by atoms with van der Waals surface area (Å²) >= 11 is 6.49. The molecule has 0 aliphatic rings. The number of aromatic amines is 2. The highest BCUT2D eigenvalue weighted by Crippen LogP contribution is 2.33. The number of hydrogen-bond donors (Lipinski definition) is 2. The molecule has 2 N–H and O–H groups in total. The number of benzene rings is 1. The molecule has 0 fully saturated rings. The monoisotopic (exact) mass is 304 g/mol. The minimum absolute atomic E-state index is 0.421. The van der Waals surface area contributed by atoms with E-state index in [9.17, 15) is 0 Å². The van der Waals surface area contributed by atoms with Crippen molar-refractivity contribution in [3.05, 3.63) is 34.4 Å². The maximum absolute atomic E-state index is 5.63. The highest BCUT2D eigenvalue weighted by Gasteiger charge is 2.12. The van der Waals surface area contributed by atoms with E-state index in [0.29, 0.717) is 17.2 Å². The van der Waals surface area contributed by atoms with Gasteiger partial charge >= 0.3 is 0 Å². The van der Waals surface area contributed by atoms with E-state index in [1.165, 1.54) is 0 Å². The van der Waals surface area contributed by atoms with Crippen LogP contribution in [0.3, 0.4) is 0 Å². The Hall–Kier alpha value is -1.99. The second kappa shape index (κ2) is 5.56. The van der Waals surface area contributed by atoms with Gasteiger partial charge in [-0.2, -0.15) is 4.98 Å². The largest absolute Gasteiger partial charge is 0.493 e. The molecule has 0 atom stereocenters. The minimum atomic E-state index is 0.421. The van der Waals surface area contributed by atoms with E-state index in [1.807, 2.05) is 36.6 Å². The molecule has 0 saturated heterocycles. The number of hydrogen-bond acceptors (Lipinski definition) is 5. The summed E-state index contributed by atoms with van der Waals surface area (Å²) < 4.78 is 6.05. The van der Waals surface area contributed by atoms with Crippen molar-refractivity contribution in [3.8, 4) is 27.8 Å². The van der Waals surface area contributed by atoms with E-state index in [2.05, 4.69) is 20.2 Å². The lowest BCUT2D eigenvalue weighted by Crippen LogP contribution is -1.93. The molecule has 3 rings (SSSR count). The second-order valence-corrected chi connectivity index (χ2v) is 5.23. The van der Waals surface area contributed by atoms with Gasteiger partial charge in [0.25, 0.3) is 0 Å². The van der Waals surface area contributed by atoms with Crippen LogP contribution in [-0.4, -0.2) is 26.8 Å². The fraction of sp³-hybridized carbons (Fsp3) is 0.154. The summed E-state index contributed by atoms with van der Waals surface area (Å²) in [6, 6.07) is 7.87. The van der Waals surface area contributed by atoms with Crippen LogP contribution in [0.1, 0.15) is 6.92 Å². The molecule has 0 radical (unpaired) electrons. The van der Waals surface area contributed by atoms with Crippen LogP contribution in [0.5, 0.6) is 5.75 Å². The van der Waals surface area contributed by atoms with Crippen LogP contribution in [0.15, 0.2) is 29.6 Å². The molecule has 0 spiro atoms. The molecule has 5 nitrogen and oxygen atoms in total. The molecule has 0 saturated carbocycles. The lowest BCUT2D eigenvalue weighted by molar-refractivity contribution is 0.341. The molecule has 0 unspecified atom stereocenters. The van der Waals surface area contributed by atoms with Gasteiger partial charge in [-0.1, -0.05) is 12.1 Å². The van der Waals surface area contributed by atoms with Gasteiger partial charge in [0.15, 0.2) is 5.82 Å². The van der Waals surface area contributed by atoms with Crippen LogP contribution in [0.2, 0.25) is 0 Å². The van der Waals surface area contributed by atoms with Crippen molar-refractivity contribution in [1.29, 1.82) is 0 Å². The Kier molecular flexibility index (Phi) is 3.62. The van der Waals surface area contributed by atoms with Gasteiger partial charge in [0.05, 0.1) is 12.2 Å². The highest BCUT2D eigenvalue weighted by molar-refractivity contribution is 7.71. The number of rotatable bonds is 4. The first-order valence-corrected chi connectivity index (χ1v) is 7.39. The average molecular weight is 304 g/mol. The first-order valence-electron chi connectivity index (χ1n) is 6.10. The minimum Gasteiger partial charge on any atom is -0.493 e. The van der Waals surface area contributed by atoms with E-state index < -0.39 is 0 Å². The predicted molar refractivity (Wildman–Crippen MR) is 81.5 cm³/mol. The van der Waals surface area contributed by atoms with Gasteiger partial charge < -0.3 is 4.74 Å². The Labute approximate surface area is 124 Å². The third-order valence-electron chi connectivity index (χ3n) is 2.67. The van der Waals surface area contributed by atoms with Gasteiger partial charge in [-0.15, -0.1) is 11.3 Å². The number of aromatic nitrogens is 4. The van der Waals surface area contributed by atoms with Crippen molar-refractivity contribution in [3.63, 3.8) is 0 Å². The molecule has 102 valence electrons. The summed E-state index contributed by atoms with van der Waals surface area (Å²) in [5, 5.41) is 8.50. The zero-order chi connectivity index (χ0) is 13.9. The van der Waals surface area contributed by atoms with Crippen molar-refractivity contribution in [2.75, 3.05) is 6.61 Å². The first-order chi connectivity index (χ1) is 9.78. The van der Waals surface area contributed by atoms with E-state index in [-0.39, 0.29) is 0 Å². The predicted octanol–water partition coefficient (Wildman–Crippen LogP) is 3.66. The molecule has 2 heterocycles. The zero-order valence-corrected chi connectivity index (χ0v) is 12.3. The molecule has 2 aromatic heterocycles. The normalized spacial score (nSPS) is 10.7. The van der Waals surface area contributed by atoms with Gasteiger partial charge in [-0.05, 0) is 31.3 Å². The van der Waals surface area contributed by atoms with Crippen molar-refractivity contribution in [2.45, 2.75) is 6.92 Å². The van der Waals surface area contributed by atoms with Crippen LogP contribution in [-0.2, 0) is 0 Å². The second-order valence-electron chi connectivity index (χ2n) is 3.98. The van der Waals surface area contributed by atoms with Crippen molar-refractivity contribution in [2.24, 2.45) is 0 Å². The van der Waals surface area contributed by atoms with Gasteiger partial charge in [-0.3, -0.25) is 10.2 Å². The molecule has 3 aromatic rings. The lowest BCUT2D eigenvalue weighted by Gasteiger charge is -2.07. The standard InChI is InChI=1S/C13H12N4OS2/c1-2-18-10-6-4-3-5-8(10)12-14-9(7-20-12)11-15-13(19)17-16-11/h3-7H,2H2,1H3,(H2,15,16,17,19). The fourth-order valence-electron chi connectivity index (χ4n) is 1.82. The highest BCUT2D eigenvalue weighted by atomic mass is 32.1. The molecule has 0 bridgehead atoms. The molecule has 0 amide bonds. The van der Waals surface area contributed by atoms with Gasteiger partial charge in [0.2, 0.25) is 4.77 Å². The van der Waals surface area contributed by atoms with Gasteiger partial charge in [0.1, 0.15) is 16.5 Å². The van der Waals surface area contributed by atoms with Crippen LogP contribution in [0.25, 0.3) is 22.1 Å². The van der Waals surface area contributed by atoms with E-state index in [0.717, 1.165) is 22.0 Å². The topological polar surface area (TPSA) is 66.6 Å². The third kappa shape index (κ3) is 2.50. The summed E-state index contributed by atoms with van der Waals surface area (Å²) in [4.78, 5) is 8.75. The number of nitrogens with zero attached hydrogens (tertiary/aromatic N) is 2. The number of H-pyrrole nitrogens is 2. The van der Waals surface area contributed by atoms with Crippen LogP contribution < -0.4 is 4.74 Å². The van der Waals surface area contributed by atoms with Crippen molar-refractivity contribution >= 4 is 23.6 Å². The molecule has 7 heteroatoms. The number of ether oxygens (including phenoxy) is 1. The number of nitrogens with one attached hydrogen (secondary N) is 2. The van der Waals surface area contributed by atoms with Gasteiger partial charge in [-0.25, -0.2) is 4.98 Å². The Morgan fingerprint density at radius 2 is 2.10 bits per heavy atom. The summed E-state index contributed by atoms with van der Waals surface area (Å²) in [5.74, 6) is 1.48. The third-order valence-corrected chi connectivity index (χ3v) is 3.73. The summed E-state index contributed by atoms with van der Waals surface area (Å²) in [6.45, 7) is 2.59. The molecule has 1 aromatic carbocycles. The van der Waals surface area contributed by atoms with E-state index in [1.54, 1.807) is 11.3 Å². The number of thiazole rings is 1. The van der Waals surface area contributed by atoms with Gasteiger partial charge in [0, 0.05) is 5.38 Å².